The molecule has 0 aliphatic rings. The molecule has 4 N–H and O–H groups in total. The van der Waals surface area contributed by atoms with Crippen LogP contribution in [0.25, 0.3) is 0 Å². The number of rotatable bonds is 2. The van der Waals surface area contributed by atoms with Crippen LogP contribution in [0.4, 0.5) is 21.9 Å². The zero-order chi connectivity index (χ0) is 13.8. The summed E-state index contributed by atoms with van der Waals surface area (Å²) in [5.41, 5.74) is 7.48. The standard InChI is InChI=1S/C13H11BrClN3O/c14-8-1-6-12(11(16)7-8)18-13(19)17-10-4-2-9(15)3-5-10/h1-7H,16H2,(H2,17,18,19). The summed E-state index contributed by atoms with van der Waals surface area (Å²) in [6, 6.07) is 11.7. The van der Waals surface area contributed by atoms with Crippen molar-refractivity contribution in [2.45, 2.75) is 0 Å². The van der Waals surface area contributed by atoms with Crippen LogP contribution >= 0.6 is 27.5 Å². The Balaban J connectivity index is 2.03. The highest BCUT2D eigenvalue weighted by atomic mass is 79.9. The zero-order valence-electron chi connectivity index (χ0n) is 9.78. The maximum atomic E-state index is 11.8. The highest BCUT2D eigenvalue weighted by Crippen LogP contribution is 2.23. The van der Waals surface area contributed by atoms with Gasteiger partial charge in [0.2, 0.25) is 0 Å². The lowest BCUT2D eigenvalue weighted by Crippen LogP contribution is -2.20. The summed E-state index contributed by atoms with van der Waals surface area (Å²) in [7, 11) is 0. The summed E-state index contributed by atoms with van der Waals surface area (Å²) in [5, 5.41) is 5.97. The molecule has 0 unspecified atom stereocenters. The van der Waals surface area contributed by atoms with Gasteiger partial charge in [-0.3, -0.25) is 0 Å². The predicted octanol–water partition coefficient (Wildman–Crippen LogP) is 4.33. The molecule has 0 aromatic heterocycles. The van der Waals surface area contributed by atoms with Gasteiger partial charge < -0.3 is 16.4 Å². The Kier molecular flexibility index (Phi) is 4.29. The number of hydrogen-bond acceptors (Lipinski definition) is 2. The van der Waals surface area contributed by atoms with Gasteiger partial charge in [-0.25, -0.2) is 4.79 Å². The molecule has 0 radical (unpaired) electrons. The Hall–Kier alpha value is -1.72. The molecule has 0 saturated heterocycles. The first-order valence-corrected chi connectivity index (χ1v) is 6.60. The summed E-state index contributed by atoms with van der Waals surface area (Å²) in [4.78, 5) is 11.8. The summed E-state index contributed by atoms with van der Waals surface area (Å²) in [6.45, 7) is 0. The second-order valence-electron chi connectivity index (χ2n) is 3.82. The lowest BCUT2D eigenvalue weighted by molar-refractivity contribution is 0.262. The highest BCUT2D eigenvalue weighted by molar-refractivity contribution is 9.10. The quantitative estimate of drug-likeness (QED) is 0.712. The number of carbonyl (C=O) groups excluding carboxylic acids is 1. The van der Waals surface area contributed by atoms with Crippen molar-refractivity contribution in [3.8, 4) is 0 Å². The normalized spacial score (nSPS) is 10.0. The van der Waals surface area contributed by atoms with Gasteiger partial charge in [0.1, 0.15) is 0 Å². The first kappa shape index (κ1) is 13.7. The number of urea groups is 1. The Bertz CT molecular complexity index is 601. The first-order chi connectivity index (χ1) is 9.04. The van der Waals surface area contributed by atoms with Gasteiger partial charge in [0, 0.05) is 15.2 Å². The number of halogens is 2. The molecule has 0 atom stereocenters. The summed E-state index contributed by atoms with van der Waals surface area (Å²) >= 11 is 9.07. The van der Waals surface area contributed by atoms with Gasteiger partial charge in [0.05, 0.1) is 11.4 Å². The molecule has 0 heterocycles. The van der Waals surface area contributed by atoms with Crippen LogP contribution in [0.1, 0.15) is 0 Å². The van der Waals surface area contributed by atoms with Crippen molar-refractivity contribution in [1.29, 1.82) is 0 Å². The van der Waals surface area contributed by atoms with Crippen molar-refractivity contribution in [3.63, 3.8) is 0 Å². The monoisotopic (exact) mass is 339 g/mol. The molecule has 0 aliphatic heterocycles. The molecule has 0 spiro atoms. The fourth-order valence-corrected chi connectivity index (χ4v) is 1.97. The molecule has 98 valence electrons. The number of anilines is 3. The Morgan fingerprint density at radius 3 is 2.42 bits per heavy atom. The van der Waals surface area contributed by atoms with Crippen LogP contribution in [0.5, 0.6) is 0 Å². The van der Waals surface area contributed by atoms with E-state index in [0.717, 1.165) is 4.47 Å². The smallest absolute Gasteiger partial charge is 0.323 e. The molecule has 2 amide bonds. The first-order valence-electron chi connectivity index (χ1n) is 5.43. The second-order valence-corrected chi connectivity index (χ2v) is 5.17. The lowest BCUT2D eigenvalue weighted by atomic mass is 10.3. The fourth-order valence-electron chi connectivity index (χ4n) is 1.47. The highest BCUT2D eigenvalue weighted by Gasteiger charge is 2.05. The number of nitrogen functional groups attached to an aromatic ring is 1. The Morgan fingerprint density at radius 2 is 1.79 bits per heavy atom. The molecule has 0 aliphatic carbocycles. The van der Waals surface area contributed by atoms with E-state index in [2.05, 4.69) is 26.6 Å². The third-order valence-corrected chi connectivity index (χ3v) is 3.11. The van der Waals surface area contributed by atoms with Crippen LogP contribution in [0, 0.1) is 0 Å². The van der Waals surface area contributed by atoms with Crippen molar-refractivity contribution >= 4 is 50.6 Å². The van der Waals surface area contributed by atoms with Gasteiger partial charge in [-0.15, -0.1) is 0 Å². The topological polar surface area (TPSA) is 67.1 Å². The molecule has 2 aromatic carbocycles. The SMILES string of the molecule is Nc1cc(Br)ccc1NC(=O)Nc1ccc(Cl)cc1. The average Bonchev–Trinajstić information content (AvgIpc) is 2.36. The number of nitrogens with two attached hydrogens (primary N) is 1. The van der Waals surface area contributed by atoms with E-state index in [4.69, 9.17) is 17.3 Å². The molecule has 19 heavy (non-hydrogen) atoms. The average molecular weight is 341 g/mol. The van der Waals surface area contributed by atoms with E-state index in [1.807, 2.05) is 0 Å². The van der Waals surface area contributed by atoms with E-state index in [1.165, 1.54) is 0 Å². The van der Waals surface area contributed by atoms with E-state index >= 15 is 0 Å². The van der Waals surface area contributed by atoms with Gasteiger partial charge in [0.25, 0.3) is 0 Å². The van der Waals surface area contributed by atoms with Crippen LogP contribution < -0.4 is 16.4 Å². The Morgan fingerprint density at radius 1 is 1.11 bits per heavy atom. The van der Waals surface area contributed by atoms with Crippen molar-refractivity contribution < 1.29 is 4.79 Å². The van der Waals surface area contributed by atoms with Gasteiger partial charge in [-0.2, -0.15) is 0 Å². The molecular weight excluding hydrogens is 330 g/mol. The summed E-state index contributed by atoms with van der Waals surface area (Å²) in [5.74, 6) is 0. The van der Waals surface area contributed by atoms with Gasteiger partial charge >= 0.3 is 6.03 Å². The lowest BCUT2D eigenvalue weighted by Gasteiger charge is -2.10. The number of amides is 2. The van der Waals surface area contributed by atoms with E-state index in [0.29, 0.717) is 22.1 Å². The largest absolute Gasteiger partial charge is 0.397 e. The number of carbonyl (C=O) groups is 1. The molecule has 2 rings (SSSR count). The number of hydrogen-bond donors (Lipinski definition) is 3. The van der Waals surface area contributed by atoms with Gasteiger partial charge in [-0.1, -0.05) is 27.5 Å². The Labute approximate surface area is 124 Å². The molecule has 2 aromatic rings. The minimum atomic E-state index is -0.364. The van der Waals surface area contributed by atoms with Crippen LogP contribution in [0.3, 0.4) is 0 Å². The molecule has 0 saturated carbocycles. The van der Waals surface area contributed by atoms with Crippen molar-refractivity contribution in [2.75, 3.05) is 16.4 Å². The molecular formula is C13H11BrClN3O. The predicted molar refractivity (Wildman–Crippen MR) is 82.6 cm³/mol. The van der Waals surface area contributed by atoms with E-state index in [9.17, 15) is 4.79 Å². The fraction of sp³-hybridized carbons (Fsp3) is 0. The van der Waals surface area contributed by atoms with Crippen LogP contribution in [-0.4, -0.2) is 6.03 Å². The van der Waals surface area contributed by atoms with E-state index < -0.39 is 0 Å². The van der Waals surface area contributed by atoms with E-state index in [-0.39, 0.29) is 6.03 Å². The van der Waals surface area contributed by atoms with Crippen LogP contribution in [0.2, 0.25) is 5.02 Å². The molecule has 4 nitrogen and oxygen atoms in total. The third-order valence-electron chi connectivity index (χ3n) is 2.36. The maximum Gasteiger partial charge on any atom is 0.323 e. The van der Waals surface area contributed by atoms with Crippen molar-refractivity contribution in [3.05, 3.63) is 52.0 Å². The number of benzene rings is 2. The molecule has 0 fully saturated rings. The minimum Gasteiger partial charge on any atom is -0.397 e. The minimum absolute atomic E-state index is 0.364. The summed E-state index contributed by atoms with van der Waals surface area (Å²) in [6.07, 6.45) is 0. The molecule has 0 bridgehead atoms. The maximum absolute atomic E-state index is 11.8. The zero-order valence-corrected chi connectivity index (χ0v) is 12.1. The van der Waals surface area contributed by atoms with Gasteiger partial charge in [0.15, 0.2) is 0 Å². The summed E-state index contributed by atoms with van der Waals surface area (Å²) < 4.78 is 0.855. The van der Waals surface area contributed by atoms with Gasteiger partial charge in [-0.05, 0) is 42.5 Å². The second kappa shape index (κ2) is 5.95. The van der Waals surface area contributed by atoms with E-state index in [1.54, 1.807) is 42.5 Å². The van der Waals surface area contributed by atoms with Crippen LogP contribution in [0.15, 0.2) is 46.9 Å². The molecule has 6 heteroatoms. The van der Waals surface area contributed by atoms with Crippen molar-refractivity contribution in [1.82, 2.24) is 0 Å². The van der Waals surface area contributed by atoms with Crippen LogP contribution in [-0.2, 0) is 0 Å². The van der Waals surface area contributed by atoms with Crippen molar-refractivity contribution in [2.24, 2.45) is 0 Å². The number of nitrogens with one attached hydrogen (secondary N) is 2. The third kappa shape index (κ3) is 3.87.